The minimum Gasteiger partial charge on any atom is -0.481 e. The van der Waals surface area contributed by atoms with Gasteiger partial charge >= 0.3 is 5.97 Å². The van der Waals surface area contributed by atoms with Crippen molar-refractivity contribution < 1.29 is 9.90 Å². The number of carbonyl (C=O) groups is 1. The second-order valence-corrected chi connectivity index (χ2v) is 5.07. The summed E-state index contributed by atoms with van der Waals surface area (Å²) >= 11 is 0. The Morgan fingerprint density at radius 3 is 2.94 bits per heavy atom. The lowest BCUT2D eigenvalue weighted by molar-refractivity contribution is -0.137. The maximum absolute atomic E-state index is 10.4. The molecule has 1 aliphatic rings. The van der Waals surface area contributed by atoms with Gasteiger partial charge in [0.2, 0.25) is 0 Å². The molecule has 0 bridgehead atoms. The summed E-state index contributed by atoms with van der Waals surface area (Å²) < 4.78 is 0. The molecule has 4 heteroatoms. The summed E-state index contributed by atoms with van der Waals surface area (Å²) in [5.41, 5.74) is 0. The molecular formula is C13H26N2O2. The molecule has 1 saturated heterocycles. The van der Waals surface area contributed by atoms with Crippen LogP contribution in [0.25, 0.3) is 0 Å². The zero-order valence-corrected chi connectivity index (χ0v) is 11.0. The average Bonchev–Trinajstić information content (AvgIpc) is 2.29. The van der Waals surface area contributed by atoms with E-state index in [4.69, 9.17) is 5.11 Å². The first kappa shape index (κ1) is 14.5. The van der Waals surface area contributed by atoms with Crippen molar-refractivity contribution in [3.8, 4) is 0 Å². The van der Waals surface area contributed by atoms with Gasteiger partial charge in [-0.25, -0.2) is 0 Å². The highest BCUT2D eigenvalue weighted by molar-refractivity contribution is 5.66. The van der Waals surface area contributed by atoms with Gasteiger partial charge in [0.05, 0.1) is 0 Å². The molecule has 1 fully saturated rings. The van der Waals surface area contributed by atoms with Gasteiger partial charge in [0.1, 0.15) is 0 Å². The molecule has 1 rings (SSSR count). The minimum atomic E-state index is -0.669. The van der Waals surface area contributed by atoms with Crippen LogP contribution in [0.15, 0.2) is 0 Å². The molecule has 100 valence electrons. The van der Waals surface area contributed by atoms with Crippen molar-refractivity contribution in [3.05, 3.63) is 0 Å². The maximum Gasteiger partial charge on any atom is 0.303 e. The van der Waals surface area contributed by atoms with E-state index >= 15 is 0 Å². The van der Waals surface area contributed by atoms with Gasteiger partial charge in [-0.1, -0.05) is 6.42 Å². The fourth-order valence-electron chi connectivity index (χ4n) is 2.60. The van der Waals surface area contributed by atoms with Crippen molar-refractivity contribution >= 4 is 5.97 Å². The first-order valence-corrected chi connectivity index (χ1v) is 6.81. The average molecular weight is 242 g/mol. The Morgan fingerprint density at radius 1 is 1.41 bits per heavy atom. The summed E-state index contributed by atoms with van der Waals surface area (Å²) in [6.45, 7) is 4.69. The highest BCUT2D eigenvalue weighted by Crippen LogP contribution is 2.16. The zero-order chi connectivity index (χ0) is 12.5. The number of carboxylic acid groups (broad SMARTS) is 1. The lowest BCUT2D eigenvalue weighted by Crippen LogP contribution is -2.39. The number of aliphatic carboxylic acids is 1. The van der Waals surface area contributed by atoms with Gasteiger partial charge in [0, 0.05) is 13.0 Å². The van der Waals surface area contributed by atoms with Crippen molar-refractivity contribution in [1.82, 2.24) is 10.2 Å². The molecule has 0 aromatic carbocycles. The molecule has 17 heavy (non-hydrogen) atoms. The monoisotopic (exact) mass is 242 g/mol. The normalized spacial score (nSPS) is 21.6. The van der Waals surface area contributed by atoms with Crippen LogP contribution in [0.4, 0.5) is 0 Å². The lowest BCUT2D eigenvalue weighted by atomic mass is 9.98. The molecule has 1 unspecified atom stereocenters. The predicted octanol–water partition coefficient (Wildman–Crippen LogP) is 1.56. The fourth-order valence-corrected chi connectivity index (χ4v) is 2.60. The second-order valence-electron chi connectivity index (χ2n) is 5.07. The number of likely N-dealkylation sites (tertiary alicyclic amines) is 1. The van der Waals surface area contributed by atoms with Gasteiger partial charge in [-0.15, -0.1) is 0 Å². The molecule has 1 aliphatic heterocycles. The Hall–Kier alpha value is -0.610. The van der Waals surface area contributed by atoms with Gasteiger partial charge in [-0.05, 0) is 58.3 Å². The first-order valence-electron chi connectivity index (χ1n) is 6.81. The van der Waals surface area contributed by atoms with E-state index in [1.807, 2.05) is 7.05 Å². The van der Waals surface area contributed by atoms with E-state index in [-0.39, 0.29) is 0 Å². The van der Waals surface area contributed by atoms with E-state index in [0.29, 0.717) is 6.42 Å². The third-order valence-corrected chi connectivity index (χ3v) is 3.46. The molecule has 0 radical (unpaired) electrons. The predicted molar refractivity (Wildman–Crippen MR) is 69.2 cm³/mol. The highest BCUT2D eigenvalue weighted by Gasteiger charge is 2.18. The summed E-state index contributed by atoms with van der Waals surface area (Å²) in [6, 6.07) is 0. The number of piperidine rings is 1. The number of hydrogen-bond acceptors (Lipinski definition) is 3. The molecule has 0 saturated carbocycles. The van der Waals surface area contributed by atoms with Crippen LogP contribution in [0.2, 0.25) is 0 Å². The third kappa shape index (κ3) is 6.64. The quantitative estimate of drug-likeness (QED) is 0.634. The van der Waals surface area contributed by atoms with Crippen molar-refractivity contribution in [2.45, 2.75) is 38.5 Å². The molecular weight excluding hydrogens is 216 g/mol. The molecule has 0 aromatic heterocycles. The third-order valence-electron chi connectivity index (χ3n) is 3.46. The van der Waals surface area contributed by atoms with Crippen LogP contribution in [0, 0.1) is 5.92 Å². The topological polar surface area (TPSA) is 52.6 Å². The van der Waals surface area contributed by atoms with Crippen LogP contribution in [-0.4, -0.2) is 49.2 Å². The zero-order valence-electron chi connectivity index (χ0n) is 11.0. The molecule has 2 N–H and O–H groups in total. The Balaban J connectivity index is 2.04. The van der Waals surface area contributed by atoms with Crippen molar-refractivity contribution in [2.24, 2.45) is 5.92 Å². The standard InChI is InChI=1S/C13H26N2O2/c1-14-10-12-6-5-9-15(11-12)8-4-2-3-7-13(16)17/h12,14H,2-11H2,1H3,(H,16,17). The SMILES string of the molecule is CNCC1CCCN(CCCCCC(=O)O)C1. The van der Waals surface area contributed by atoms with Gasteiger partial charge in [-0.2, -0.15) is 0 Å². The van der Waals surface area contributed by atoms with E-state index in [2.05, 4.69) is 10.2 Å². The molecule has 1 atom stereocenters. The van der Waals surface area contributed by atoms with E-state index in [1.165, 1.54) is 25.9 Å². The van der Waals surface area contributed by atoms with Crippen LogP contribution in [0.5, 0.6) is 0 Å². The molecule has 0 spiro atoms. The van der Waals surface area contributed by atoms with E-state index in [1.54, 1.807) is 0 Å². The number of nitrogens with zero attached hydrogens (tertiary/aromatic N) is 1. The fraction of sp³-hybridized carbons (Fsp3) is 0.923. The Bertz CT molecular complexity index is 219. The Labute approximate surface area is 104 Å². The smallest absolute Gasteiger partial charge is 0.303 e. The van der Waals surface area contributed by atoms with E-state index in [9.17, 15) is 4.79 Å². The molecule has 0 aliphatic carbocycles. The van der Waals surface area contributed by atoms with Crippen LogP contribution < -0.4 is 5.32 Å². The van der Waals surface area contributed by atoms with Crippen molar-refractivity contribution in [1.29, 1.82) is 0 Å². The van der Waals surface area contributed by atoms with E-state index in [0.717, 1.165) is 38.3 Å². The number of unbranched alkanes of at least 4 members (excludes halogenated alkanes) is 2. The second kappa shape index (κ2) is 8.48. The summed E-state index contributed by atoms with van der Waals surface area (Å²) in [7, 11) is 2.02. The highest BCUT2D eigenvalue weighted by atomic mass is 16.4. The van der Waals surface area contributed by atoms with Crippen LogP contribution >= 0.6 is 0 Å². The minimum absolute atomic E-state index is 0.322. The molecule has 4 nitrogen and oxygen atoms in total. The van der Waals surface area contributed by atoms with Gasteiger partial charge in [-0.3, -0.25) is 4.79 Å². The summed E-state index contributed by atoms with van der Waals surface area (Å²) in [5, 5.41) is 11.8. The Kier molecular flexibility index (Phi) is 7.21. The number of carboxylic acids is 1. The van der Waals surface area contributed by atoms with Gasteiger partial charge in [0.15, 0.2) is 0 Å². The number of hydrogen-bond donors (Lipinski definition) is 2. The molecule has 0 aromatic rings. The number of nitrogens with one attached hydrogen (secondary N) is 1. The van der Waals surface area contributed by atoms with Crippen molar-refractivity contribution in [3.63, 3.8) is 0 Å². The van der Waals surface area contributed by atoms with Crippen LogP contribution in [0.3, 0.4) is 0 Å². The Morgan fingerprint density at radius 2 is 2.24 bits per heavy atom. The first-order chi connectivity index (χ1) is 8.22. The molecule has 1 heterocycles. The van der Waals surface area contributed by atoms with Gasteiger partial charge < -0.3 is 15.3 Å². The van der Waals surface area contributed by atoms with Crippen molar-refractivity contribution in [2.75, 3.05) is 33.2 Å². The van der Waals surface area contributed by atoms with Gasteiger partial charge in [0.25, 0.3) is 0 Å². The maximum atomic E-state index is 10.4. The van der Waals surface area contributed by atoms with Crippen LogP contribution in [0.1, 0.15) is 38.5 Å². The summed E-state index contributed by atoms with van der Waals surface area (Å²) in [5.74, 6) is 0.129. The summed E-state index contributed by atoms with van der Waals surface area (Å²) in [6.07, 6.45) is 5.97. The lowest BCUT2D eigenvalue weighted by Gasteiger charge is -2.32. The summed E-state index contributed by atoms with van der Waals surface area (Å²) in [4.78, 5) is 12.9. The number of rotatable bonds is 8. The van der Waals surface area contributed by atoms with Crippen LogP contribution in [-0.2, 0) is 4.79 Å². The largest absolute Gasteiger partial charge is 0.481 e. The van der Waals surface area contributed by atoms with E-state index < -0.39 is 5.97 Å². The molecule has 0 amide bonds.